The number of aromatic nitrogens is 2. The molecule has 214 valence electrons. The summed E-state index contributed by atoms with van der Waals surface area (Å²) in [4.78, 5) is 29.8. The van der Waals surface area contributed by atoms with Crippen molar-refractivity contribution >= 4 is 12.1 Å². The molecule has 3 aromatic carbocycles. The Balaban J connectivity index is 1.39. The third-order valence-corrected chi connectivity index (χ3v) is 5.86. The lowest BCUT2D eigenvalue weighted by molar-refractivity contribution is -0.147. The van der Waals surface area contributed by atoms with E-state index < -0.39 is 23.7 Å². The van der Waals surface area contributed by atoms with Crippen LogP contribution in [0.2, 0.25) is 0 Å². The standard InChI is InChI=1S/C32H35N3O6/c1-22(19-23-11-7-5-8-12-23)39-26-17-15-25(16-18-26)29-34-28(41-35-29)20-27(33-31(37)40-32(2,3)4)30(36)38-21-24-13-9-6-10-14-24/h5-18,22,27H,19-21H2,1-4H3,(H,33,37). The van der Waals surface area contributed by atoms with Crippen LogP contribution in [0.15, 0.2) is 89.5 Å². The van der Waals surface area contributed by atoms with Crippen LogP contribution >= 0.6 is 0 Å². The van der Waals surface area contributed by atoms with E-state index in [1.807, 2.05) is 79.7 Å². The smallest absolute Gasteiger partial charge is 0.408 e. The van der Waals surface area contributed by atoms with E-state index in [1.165, 1.54) is 5.56 Å². The zero-order valence-corrected chi connectivity index (χ0v) is 23.7. The molecule has 2 unspecified atom stereocenters. The molecule has 1 heterocycles. The quantitative estimate of drug-likeness (QED) is 0.226. The van der Waals surface area contributed by atoms with E-state index >= 15 is 0 Å². The van der Waals surface area contributed by atoms with Crippen LogP contribution in [0, 0.1) is 0 Å². The summed E-state index contributed by atoms with van der Waals surface area (Å²) in [5.74, 6) is 0.585. The number of hydrogen-bond donors (Lipinski definition) is 1. The van der Waals surface area contributed by atoms with Crippen molar-refractivity contribution in [3.63, 3.8) is 0 Å². The summed E-state index contributed by atoms with van der Waals surface area (Å²) in [6, 6.07) is 25.7. The van der Waals surface area contributed by atoms with Crippen LogP contribution < -0.4 is 10.1 Å². The van der Waals surface area contributed by atoms with E-state index in [0.717, 1.165) is 17.7 Å². The van der Waals surface area contributed by atoms with Crippen LogP contribution in [0.3, 0.4) is 0 Å². The van der Waals surface area contributed by atoms with E-state index in [1.54, 1.807) is 20.8 Å². The lowest BCUT2D eigenvalue weighted by atomic mass is 10.1. The minimum absolute atomic E-state index is 0.00363. The van der Waals surface area contributed by atoms with Gasteiger partial charge in [-0.05, 0) is 63.1 Å². The summed E-state index contributed by atoms with van der Waals surface area (Å²) in [5, 5.41) is 6.62. The molecule has 2 atom stereocenters. The fourth-order valence-electron chi connectivity index (χ4n) is 4.00. The highest BCUT2D eigenvalue weighted by atomic mass is 16.6. The summed E-state index contributed by atoms with van der Waals surface area (Å²) in [6.07, 6.45) is -0.0340. The maximum absolute atomic E-state index is 12.9. The first-order valence-electron chi connectivity index (χ1n) is 13.5. The Bertz CT molecular complexity index is 1400. The van der Waals surface area contributed by atoms with Gasteiger partial charge in [-0.15, -0.1) is 0 Å². The topological polar surface area (TPSA) is 113 Å². The van der Waals surface area contributed by atoms with Crippen LogP contribution in [0.5, 0.6) is 5.75 Å². The molecule has 0 aliphatic heterocycles. The number of carbonyl (C=O) groups excluding carboxylic acids is 2. The molecule has 0 saturated carbocycles. The van der Waals surface area contributed by atoms with Crippen LogP contribution in [0.25, 0.3) is 11.4 Å². The number of ether oxygens (including phenoxy) is 3. The molecule has 1 N–H and O–H groups in total. The van der Waals surface area contributed by atoms with Gasteiger partial charge < -0.3 is 24.1 Å². The van der Waals surface area contributed by atoms with Crippen LogP contribution in [0.4, 0.5) is 4.79 Å². The van der Waals surface area contributed by atoms with E-state index in [4.69, 9.17) is 18.7 Å². The van der Waals surface area contributed by atoms with Gasteiger partial charge in [0.05, 0.1) is 12.5 Å². The van der Waals surface area contributed by atoms with Gasteiger partial charge >= 0.3 is 12.1 Å². The van der Waals surface area contributed by atoms with Crippen LogP contribution in [-0.4, -0.2) is 40.0 Å². The highest BCUT2D eigenvalue weighted by Crippen LogP contribution is 2.22. The number of rotatable bonds is 11. The zero-order chi connectivity index (χ0) is 29.2. The lowest BCUT2D eigenvalue weighted by Crippen LogP contribution is -2.45. The number of amides is 1. The molecule has 9 nitrogen and oxygen atoms in total. The largest absolute Gasteiger partial charge is 0.490 e. The van der Waals surface area contributed by atoms with Gasteiger partial charge in [0.15, 0.2) is 0 Å². The fraction of sp³-hybridized carbons (Fsp3) is 0.312. The van der Waals surface area contributed by atoms with Crippen molar-refractivity contribution in [2.45, 2.75) is 64.9 Å². The van der Waals surface area contributed by atoms with Gasteiger partial charge in [0.2, 0.25) is 11.7 Å². The van der Waals surface area contributed by atoms with Crippen molar-refractivity contribution < 1.29 is 28.3 Å². The first-order valence-corrected chi connectivity index (χ1v) is 13.5. The predicted molar refractivity (Wildman–Crippen MR) is 153 cm³/mol. The minimum Gasteiger partial charge on any atom is -0.490 e. The molecule has 0 radical (unpaired) electrons. The third kappa shape index (κ3) is 9.49. The predicted octanol–water partition coefficient (Wildman–Crippen LogP) is 5.93. The molecular weight excluding hydrogens is 522 g/mol. The normalized spacial score (nSPS) is 12.7. The Morgan fingerprint density at radius 1 is 0.878 bits per heavy atom. The van der Waals surface area contributed by atoms with Gasteiger partial charge in [-0.3, -0.25) is 0 Å². The van der Waals surface area contributed by atoms with Gasteiger partial charge in [-0.1, -0.05) is 65.8 Å². The molecule has 4 rings (SSSR count). The first kappa shape index (κ1) is 29.3. The summed E-state index contributed by atoms with van der Waals surface area (Å²) < 4.78 is 22.2. The summed E-state index contributed by atoms with van der Waals surface area (Å²) >= 11 is 0. The maximum Gasteiger partial charge on any atom is 0.408 e. The van der Waals surface area contributed by atoms with Crippen molar-refractivity contribution in [1.82, 2.24) is 15.5 Å². The SMILES string of the molecule is CC(Cc1ccccc1)Oc1ccc(-c2noc(CC(NC(=O)OC(C)(C)C)C(=O)OCc3ccccc3)n2)cc1. The molecule has 4 aromatic rings. The second-order valence-electron chi connectivity index (χ2n) is 10.7. The van der Waals surface area contributed by atoms with Crippen molar-refractivity contribution in [2.75, 3.05) is 0 Å². The summed E-state index contributed by atoms with van der Waals surface area (Å²) in [7, 11) is 0. The molecule has 1 amide bonds. The van der Waals surface area contributed by atoms with Gasteiger partial charge in [-0.25, -0.2) is 9.59 Å². The van der Waals surface area contributed by atoms with Gasteiger partial charge in [0, 0.05) is 12.0 Å². The molecule has 0 fully saturated rings. The van der Waals surface area contributed by atoms with Crippen molar-refractivity contribution in [2.24, 2.45) is 0 Å². The zero-order valence-electron chi connectivity index (χ0n) is 23.7. The lowest BCUT2D eigenvalue weighted by Gasteiger charge is -2.22. The summed E-state index contributed by atoms with van der Waals surface area (Å²) in [6.45, 7) is 7.29. The van der Waals surface area contributed by atoms with Crippen molar-refractivity contribution in [3.05, 3.63) is 102 Å². The molecule has 1 aromatic heterocycles. The third-order valence-electron chi connectivity index (χ3n) is 5.86. The average molecular weight is 558 g/mol. The van der Waals surface area contributed by atoms with E-state index in [-0.39, 0.29) is 25.0 Å². The molecular formula is C32H35N3O6. The van der Waals surface area contributed by atoms with E-state index in [2.05, 4.69) is 27.6 Å². The molecule has 41 heavy (non-hydrogen) atoms. The Kier molecular flexibility index (Phi) is 9.73. The number of alkyl carbamates (subject to hydrolysis) is 1. The van der Waals surface area contributed by atoms with Crippen molar-refractivity contribution in [1.29, 1.82) is 0 Å². The number of carbonyl (C=O) groups is 2. The number of hydrogen-bond acceptors (Lipinski definition) is 8. The Hall–Kier alpha value is -4.66. The fourth-order valence-corrected chi connectivity index (χ4v) is 4.00. The van der Waals surface area contributed by atoms with Gasteiger partial charge in [0.25, 0.3) is 0 Å². The van der Waals surface area contributed by atoms with Crippen molar-refractivity contribution in [3.8, 4) is 17.1 Å². The monoisotopic (exact) mass is 557 g/mol. The molecule has 0 aliphatic carbocycles. The highest BCUT2D eigenvalue weighted by molar-refractivity contribution is 5.81. The van der Waals surface area contributed by atoms with Crippen LogP contribution in [0.1, 0.15) is 44.7 Å². The van der Waals surface area contributed by atoms with Crippen LogP contribution in [-0.2, 0) is 33.7 Å². The molecule has 0 aliphatic rings. The van der Waals surface area contributed by atoms with Gasteiger partial charge in [-0.2, -0.15) is 4.98 Å². The second kappa shape index (κ2) is 13.6. The van der Waals surface area contributed by atoms with E-state index in [9.17, 15) is 9.59 Å². The molecule has 9 heteroatoms. The number of nitrogens with one attached hydrogen (secondary N) is 1. The minimum atomic E-state index is -1.09. The summed E-state index contributed by atoms with van der Waals surface area (Å²) in [5.41, 5.74) is 2.00. The van der Waals surface area contributed by atoms with Gasteiger partial charge in [0.1, 0.15) is 24.0 Å². The first-order chi connectivity index (χ1) is 19.6. The Labute approximate surface area is 239 Å². The average Bonchev–Trinajstić information content (AvgIpc) is 3.40. The Morgan fingerprint density at radius 2 is 1.51 bits per heavy atom. The number of benzene rings is 3. The maximum atomic E-state index is 12.9. The number of nitrogens with zero attached hydrogens (tertiary/aromatic N) is 2. The Morgan fingerprint density at radius 3 is 2.15 bits per heavy atom. The molecule has 0 saturated heterocycles. The second-order valence-corrected chi connectivity index (χ2v) is 10.7. The highest BCUT2D eigenvalue weighted by Gasteiger charge is 2.28. The van der Waals surface area contributed by atoms with E-state index in [0.29, 0.717) is 11.4 Å². The molecule has 0 bridgehead atoms. The number of esters is 1. The molecule has 0 spiro atoms.